The number of carbonyl (C=O) groups excluding carboxylic acids is 1. The van der Waals surface area contributed by atoms with Crippen LogP contribution < -0.4 is 5.73 Å². The Bertz CT molecular complexity index is 652. The van der Waals surface area contributed by atoms with Gasteiger partial charge < -0.3 is 10.6 Å². The number of aromatic nitrogens is 2. The summed E-state index contributed by atoms with van der Waals surface area (Å²) in [5, 5.41) is 4.30. The normalized spacial score (nSPS) is 34.8. The highest BCUT2D eigenvalue weighted by Gasteiger charge is 2.67. The molecule has 1 aliphatic heterocycles. The van der Waals surface area contributed by atoms with Crippen LogP contribution >= 0.6 is 0 Å². The zero-order chi connectivity index (χ0) is 17.2. The van der Waals surface area contributed by atoms with Crippen LogP contribution in [0.2, 0.25) is 0 Å². The van der Waals surface area contributed by atoms with E-state index in [4.69, 9.17) is 5.73 Å². The maximum Gasteiger partial charge on any atom is 0.522 e. The number of hydrogen-bond acceptors (Lipinski definition) is 4. The van der Waals surface area contributed by atoms with Crippen LogP contribution in [0, 0.1) is 5.92 Å². The minimum absolute atomic E-state index is 0.0264. The second-order valence-electron chi connectivity index (χ2n) is 7.45. The second kappa shape index (κ2) is 4.95. The third kappa shape index (κ3) is 2.59. The highest BCUT2D eigenvalue weighted by molar-refractivity contribution is 5.93. The SMILES string of the molecule is NC12CC(n3cc(C(=O)N4CC[C@@H](COC(F)(F)F)C4)cn3)(C1)C2. The van der Waals surface area contributed by atoms with Gasteiger partial charge in [0.05, 0.1) is 23.9 Å². The third-order valence-corrected chi connectivity index (χ3v) is 5.41. The number of nitrogens with zero attached hydrogens (tertiary/aromatic N) is 3. The van der Waals surface area contributed by atoms with Gasteiger partial charge in [-0.25, -0.2) is 0 Å². The largest absolute Gasteiger partial charge is 0.522 e. The summed E-state index contributed by atoms with van der Waals surface area (Å²) in [6.07, 6.45) is 1.81. The number of rotatable bonds is 4. The van der Waals surface area contributed by atoms with Crippen molar-refractivity contribution in [3.05, 3.63) is 18.0 Å². The summed E-state index contributed by atoms with van der Waals surface area (Å²) in [5.74, 6) is -0.481. The number of ether oxygens (including phenoxy) is 1. The standard InChI is InChI=1S/C15H19F3N4O2/c16-15(17,18)24-6-10-1-2-21(4-10)12(23)11-3-20-22(5-11)14-7-13(19,8-14)9-14/h3,5,10H,1-2,4,6-9,19H2/t10-,13?,14?/m1/s1. The lowest BCUT2D eigenvalue weighted by Gasteiger charge is -2.68. The maximum atomic E-state index is 12.5. The van der Waals surface area contributed by atoms with Crippen LogP contribution in [0.1, 0.15) is 36.0 Å². The quantitative estimate of drug-likeness (QED) is 0.898. The average Bonchev–Trinajstić information content (AvgIpc) is 3.08. The molecule has 9 heteroatoms. The lowest BCUT2D eigenvalue weighted by atomic mass is 9.45. The first-order valence-electron chi connectivity index (χ1n) is 8.02. The van der Waals surface area contributed by atoms with E-state index in [0.29, 0.717) is 18.5 Å². The van der Waals surface area contributed by atoms with Crippen LogP contribution in [0.25, 0.3) is 0 Å². The van der Waals surface area contributed by atoms with Crippen molar-refractivity contribution in [1.82, 2.24) is 14.7 Å². The van der Waals surface area contributed by atoms with Crippen LogP contribution in [0.4, 0.5) is 13.2 Å². The molecule has 0 unspecified atom stereocenters. The van der Waals surface area contributed by atoms with Crippen LogP contribution in [-0.4, -0.2) is 52.2 Å². The van der Waals surface area contributed by atoms with Crippen LogP contribution in [0.15, 0.2) is 12.4 Å². The molecule has 5 rings (SSSR count). The summed E-state index contributed by atoms with van der Waals surface area (Å²) >= 11 is 0. The average molecular weight is 344 g/mol. The summed E-state index contributed by atoms with van der Waals surface area (Å²) in [5.41, 5.74) is 6.45. The van der Waals surface area contributed by atoms with Gasteiger partial charge in [-0.3, -0.25) is 14.2 Å². The fourth-order valence-corrected chi connectivity index (χ4v) is 4.29. The molecule has 0 spiro atoms. The minimum atomic E-state index is -4.62. The second-order valence-corrected chi connectivity index (χ2v) is 7.45. The van der Waals surface area contributed by atoms with Crippen molar-refractivity contribution in [2.24, 2.45) is 11.7 Å². The van der Waals surface area contributed by atoms with Crippen molar-refractivity contribution in [3.63, 3.8) is 0 Å². The number of carbonyl (C=O) groups is 1. The Morgan fingerprint density at radius 2 is 2.12 bits per heavy atom. The van der Waals surface area contributed by atoms with Crippen molar-refractivity contribution < 1.29 is 22.7 Å². The van der Waals surface area contributed by atoms with Gasteiger partial charge in [0, 0.05) is 30.7 Å². The van der Waals surface area contributed by atoms with E-state index >= 15 is 0 Å². The summed E-state index contributed by atoms with van der Waals surface area (Å²) < 4.78 is 42.0. The van der Waals surface area contributed by atoms with Crippen LogP contribution in [0.3, 0.4) is 0 Å². The molecule has 2 heterocycles. The molecule has 4 fully saturated rings. The predicted octanol–water partition coefficient (Wildman–Crippen LogP) is 1.47. The van der Waals surface area contributed by atoms with E-state index in [2.05, 4.69) is 9.84 Å². The fourth-order valence-electron chi connectivity index (χ4n) is 4.29. The van der Waals surface area contributed by atoms with Crippen molar-refractivity contribution in [3.8, 4) is 0 Å². The van der Waals surface area contributed by atoms with Gasteiger partial charge in [-0.15, -0.1) is 13.2 Å². The Balaban J connectivity index is 1.34. The van der Waals surface area contributed by atoms with Crippen LogP contribution in [-0.2, 0) is 10.3 Å². The highest BCUT2D eigenvalue weighted by atomic mass is 19.4. The molecule has 0 radical (unpaired) electrons. The van der Waals surface area contributed by atoms with E-state index in [-0.39, 0.29) is 29.4 Å². The Labute approximate surface area is 136 Å². The predicted molar refractivity (Wildman–Crippen MR) is 77.0 cm³/mol. The Morgan fingerprint density at radius 3 is 2.75 bits per heavy atom. The van der Waals surface area contributed by atoms with E-state index in [1.807, 2.05) is 4.68 Å². The number of hydrogen-bond donors (Lipinski definition) is 1. The zero-order valence-corrected chi connectivity index (χ0v) is 13.1. The van der Waals surface area contributed by atoms with E-state index in [9.17, 15) is 18.0 Å². The molecular formula is C15H19F3N4O2. The van der Waals surface area contributed by atoms with Crippen molar-refractivity contribution in [1.29, 1.82) is 0 Å². The van der Waals surface area contributed by atoms with Gasteiger partial charge in [0.2, 0.25) is 0 Å². The molecule has 132 valence electrons. The lowest BCUT2D eigenvalue weighted by molar-refractivity contribution is -0.328. The molecular weight excluding hydrogens is 325 g/mol. The first kappa shape index (κ1) is 15.9. The lowest BCUT2D eigenvalue weighted by Crippen LogP contribution is -2.76. The molecule has 1 saturated heterocycles. The molecule has 1 atom stereocenters. The third-order valence-electron chi connectivity index (χ3n) is 5.41. The summed E-state index contributed by atoms with van der Waals surface area (Å²) in [4.78, 5) is 14.1. The molecule has 3 saturated carbocycles. The number of alkyl halides is 3. The van der Waals surface area contributed by atoms with Crippen molar-refractivity contribution in [2.75, 3.05) is 19.7 Å². The van der Waals surface area contributed by atoms with E-state index < -0.39 is 13.0 Å². The Morgan fingerprint density at radius 1 is 1.42 bits per heavy atom. The summed E-state index contributed by atoms with van der Waals surface area (Å²) in [6.45, 7) is 0.304. The highest BCUT2D eigenvalue weighted by Crippen LogP contribution is 2.63. The maximum absolute atomic E-state index is 12.5. The van der Waals surface area contributed by atoms with Gasteiger partial charge in [-0.05, 0) is 25.7 Å². The first-order valence-corrected chi connectivity index (χ1v) is 8.02. The monoisotopic (exact) mass is 344 g/mol. The minimum Gasteiger partial charge on any atom is -0.338 e. The zero-order valence-electron chi connectivity index (χ0n) is 13.1. The number of amides is 1. The van der Waals surface area contributed by atoms with E-state index in [1.165, 1.54) is 6.20 Å². The Kier molecular flexibility index (Phi) is 3.28. The topological polar surface area (TPSA) is 73.4 Å². The number of halogens is 3. The fraction of sp³-hybridized carbons (Fsp3) is 0.733. The molecule has 1 aromatic heterocycles. The molecule has 1 aromatic rings. The molecule has 3 aliphatic carbocycles. The van der Waals surface area contributed by atoms with Gasteiger partial charge in [0.25, 0.3) is 5.91 Å². The van der Waals surface area contributed by atoms with E-state index in [0.717, 1.165) is 19.3 Å². The first-order chi connectivity index (χ1) is 11.2. The molecule has 6 nitrogen and oxygen atoms in total. The number of nitrogens with two attached hydrogens (primary N) is 1. The smallest absolute Gasteiger partial charge is 0.338 e. The molecule has 0 aromatic carbocycles. The van der Waals surface area contributed by atoms with Gasteiger partial charge >= 0.3 is 6.36 Å². The Hall–Kier alpha value is -1.61. The van der Waals surface area contributed by atoms with Gasteiger partial charge in [0.1, 0.15) is 0 Å². The van der Waals surface area contributed by atoms with Crippen molar-refractivity contribution >= 4 is 5.91 Å². The van der Waals surface area contributed by atoms with Gasteiger partial charge in [-0.1, -0.05) is 0 Å². The van der Waals surface area contributed by atoms with Gasteiger partial charge in [0.15, 0.2) is 0 Å². The molecule has 24 heavy (non-hydrogen) atoms. The van der Waals surface area contributed by atoms with Crippen molar-refractivity contribution in [2.45, 2.75) is 43.1 Å². The number of likely N-dealkylation sites (tertiary alicyclic amines) is 1. The molecule has 1 amide bonds. The summed E-state index contributed by atoms with van der Waals surface area (Å²) in [7, 11) is 0. The van der Waals surface area contributed by atoms with Gasteiger partial charge in [-0.2, -0.15) is 5.10 Å². The molecule has 2 N–H and O–H groups in total. The van der Waals surface area contributed by atoms with E-state index in [1.54, 1.807) is 11.1 Å². The summed E-state index contributed by atoms with van der Waals surface area (Å²) in [6, 6.07) is 0. The molecule has 2 bridgehead atoms. The van der Waals surface area contributed by atoms with Crippen LogP contribution in [0.5, 0.6) is 0 Å². The molecule has 4 aliphatic rings.